The summed E-state index contributed by atoms with van der Waals surface area (Å²) < 4.78 is 5.22. The van der Waals surface area contributed by atoms with Gasteiger partial charge < -0.3 is 9.84 Å². The predicted octanol–water partition coefficient (Wildman–Crippen LogP) is 2.56. The lowest BCUT2D eigenvalue weighted by Crippen LogP contribution is -2.10. The Bertz CT molecular complexity index is 307. The SMILES string of the molecule is C=CCCC(O)Cc1ccccc1OC. The normalized spacial score (nSPS) is 12.1. The molecule has 0 spiro atoms. The molecule has 1 aromatic carbocycles. The van der Waals surface area contributed by atoms with Gasteiger partial charge in [0.2, 0.25) is 0 Å². The summed E-state index contributed by atoms with van der Waals surface area (Å²) in [5.41, 5.74) is 1.05. The van der Waals surface area contributed by atoms with Crippen LogP contribution in [0.4, 0.5) is 0 Å². The minimum Gasteiger partial charge on any atom is -0.496 e. The van der Waals surface area contributed by atoms with Crippen LogP contribution in [-0.4, -0.2) is 18.3 Å². The van der Waals surface area contributed by atoms with Crippen LogP contribution in [0.1, 0.15) is 18.4 Å². The lowest BCUT2D eigenvalue weighted by atomic mass is 10.0. The molecular formula is C13H18O2. The molecular weight excluding hydrogens is 188 g/mol. The van der Waals surface area contributed by atoms with Gasteiger partial charge in [0.1, 0.15) is 5.75 Å². The highest BCUT2D eigenvalue weighted by Gasteiger charge is 2.08. The Kier molecular flexibility index (Phi) is 4.91. The van der Waals surface area contributed by atoms with E-state index in [4.69, 9.17) is 4.74 Å². The fraction of sp³-hybridized carbons (Fsp3) is 0.385. The number of allylic oxidation sites excluding steroid dienone is 1. The first kappa shape index (κ1) is 11.8. The molecule has 15 heavy (non-hydrogen) atoms. The third kappa shape index (κ3) is 3.76. The Morgan fingerprint density at radius 2 is 2.20 bits per heavy atom. The number of hydrogen-bond donors (Lipinski definition) is 1. The first-order valence-electron chi connectivity index (χ1n) is 5.18. The first-order chi connectivity index (χ1) is 7.27. The summed E-state index contributed by atoms with van der Waals surface area (Å²) in [6, 6.07) is 7.78. The van der Waals surface area contributed by atoms with Gasteiger partial charge >= 0.3 is 0 Å². The predicted molar refractivity (Wildman–Crippen MR) is 62.1 cm³/mol. The fourth-order valence-corrected chi connectivity index (χ4v) is 1.54. The number of benzene rings is 1. The number of methoxy groups -OCH3 is 1. The summed E-state index contributed by atoms with van der Waals surface area (Å²) in [5.74, 6) is 0.843. The smallest absolute Gasteiger partial charge is 0.122 e. The van der Waals surface area contributed by atoms with Gasteiger partial charge in [-0.2, -0.15) is 0 Å². The topological polar surface area (TPSA) is 29.5 Å². The Balaban J connectivity index is 2.58. The maximum Gasteiger partial charge on any atom is 0.122 e. The summed E-state index contributed by atoms with van der Waals surface area (Å²) in [7, 11) is 1.65. The van der Waals surface area contributed by atoms with Crippen LogP contribution in [0.25, 0.3) is 0 Å². The molecule has 1 aromatic rings. The van der Waals surface area contributed by atoms with Crippen molar-refractivity contribution in [1.29, 1.82) is 0 Å². The van der Waals surface area contributed by atoms with Crippen molar-refractivity contribution in [3.05, 3.63) is 42.5 Å². The number of aliphatic hydroxyl groups is 1. The third-order valence-corrected chi connectivity index (χ3v) is 2.35. The molecule has 1 rings (SSSR count). The standard InChI is InChI=1S/C13H18O2/c1-3-4-8-12(14)10-11-7-5-6-9-13(11)15-2/h3,5-7,9,12,14H,1,4,8,10H2,2H3. The van der Waals surface area contributed by atoms with E-state index in [1.165, 1.54) is 0 Å². The van der Waals surface area contributed by atoms with Crippen molar-refractivity contribution in [3.8, 4) is 5.75 Å². The highest BCUT2D eigenvalue weighted by atomic mass is 16.5. The van der Waals surface area contributed by atoms with Crippen molar-refractivity contribution >= 4 is 0 Å². The molecule has 2 heteroatoms. The van der Waals surface area contributed by atoms with Gasteiger partial charge in [0.15, 0.2) is 0 Å². The van der Waals surface area contributed by atoms with Crippen molar-refractivity contribution in [2.24, 2.45) is 0 Å². The van der Waals surface area contributed by atoms with Crippen LogP contribution < -0.4 is 4.74 Å². The zero-order valence-electron chi connectivity index (χ0n) is 9.15. The summed E-state index contributed by atoms with van der Waals surface area (Å²) in [4.78, 5) is 0. The van der Waals surface area contributed by atoms with Gasteiger partial charge in [0, 0.05) is 6.42 Å². The molecule has 0 aromatic heterocycles. The summed E-state index contributed by atoms with van der Waals surface area (Å²) in [6.07, 6.45) is 3.74. The minimum absolute atomic E-state index is 0.320. The monoisotopic (exact) mass is 206 g/mol. The first-order valence-corrected chi connectivity index (χ1v) is 5.18. The van der Waals surface area contributed by atoms with Crippen LogP contribution in [-0.2, 0) is 6.42 Å². The highest BCUT2D eigenvalue weighted by Crippen LogP contribution is 2.19. The van der Waals surface area contributed by atoms with E-state index in [1.807, 2.05) is 30.3 Å². The molecule has 0 aliphatic carbocycles. The van der Waals surface area contributed by atoms with Gasteiger partial charge in [-0.25, -0.2) is 0 Å². The van der Waals surface area contributed by atoms with Crippen LogP contribution in [0.3, 0.4) is 0 Å². The fourth-order valence-electron chi connectivity index (χ4n) is 1.54. The van der Waals surface area contributed by atoms with Gasteiger partial charge in [-0.1, -0.05) is 24.3 Å². The average Bonchev–Trinajstić information content (AvgIpc) is 2.27. The van der Waals surface area contributed by atoms with E-state index >= 15 is 0 Å². The van der Waals surface area contributed by atoms with Crippen molar-refractivity contribution in [3.63, 3.8) is 0 Å². The second kappa shape index (κ2) is 6.25. The summed E-state index contributed by atoms with van der Waals surface area (Å²) in [5, 5.41) is 9.75. The molecule has 0 aliphatic rings. The van der Waals surface area contributed by atoms with Crippen molar-refractivity contribution in [2.45, 2.75) is 25.4 Å². The van der Waals surface area contributed by atoms with Gasteiger partial charge in [0.05, 0.1) is 13.2 Å². The molecule has 1 unspecified atom stereocenters. The van der Waals surface area contributed by atoms with E-state index < -0.39 is 0 Å². The lowest BCUT2D eigenvalue weighted by molar-refractivity contribution is 0.165. The molecule has 0 saturated carbocycles. The molecule has 0 aliphatic heterocycles. The van der Waals surface area contributed by atoms with Crippen LogP contribution in [0.2, 0.25) is 0 Å². The molecule has 0 fully saturated rings. The molecule has 0 saturated heterocycles. The molecule has 0 amide bonds. The van der Waals surface area contributed by atoms with E-state index in [0.717, 1.165) is 24.2 Å². The Morgan fingerprint density at radius 1 is 1.47 bits per heavy atom. The van der Waals surface area contributed by atoms with E-state index in [0.29, 0.717) is 6.42 Å². The maximum atomic E-state index is 9.75. The van der Waals surface area contributed by atoms with Crippen LogP contribution in [0, 0.1) is 0 Å². The summed E-state index contributed by atoms with van der Waals surface area (Å²) in [6.45, 7) is 3.64. The van der Waals surface area contributed by atoms with Crippen molar-refractivity contribution in [2.75, 3.05) is 7.11 Å². The second-order valence-electron chi connectivity index (χ2n) is 3.54. The largest absolute Gasteiger partial charge is 0.496 e. The number of hydrogen-bond acceptors (Lipinski definition) is 2. The third-order valence-electron chi connectivity index (χ3n) is 2.35. The van der Waals surface area contributed by atoms with Crippen LogP contribution in [0.5, 0.6) is 5.75 Å². The van der Waals surface area contributed by atoms with E-state index in [1.54, 1.807) is 7.11 Å². The van der Waals surface area contributed by atoms with Crippen LogP contribution in [0.15, 0.2) is 36.9 Å². The zero-order chi connectivity index (χ0) is 11.1. The molecule has 0 bridgehead atoms. The minimum atomic E-state index is -0.320. The van der Waals surface area contributed by atoms with Gasteiger partial charge in [-0.15, -0.1) is 6.58 Å². The molecule has 0 radical (unpaired) electrons. The Labute approximate surface area is 91.2 Å². The van der Waals surface area contributed by atoms with E-state index in [9.17, 15) is 5.11 Å². The van der Waals surface area contributed by atoms with Crippen molar-refractivity contribution in [1.82, 2.24) is 0 Å². The quantitative estimate of drug-likeness (QED) is 0.725. The maximum absolute atomic E-state index is 9.75. The van der Waals surface area contributed by atoms with Gasteiger partial charge in [0.25, 0.3) is 0 Å². The lowest BCUT2D eigenvalue weighted by Gasteiger charge is -2.12. The Hall–Kier alpha value is -1.28. The Morgan fingerprint density at radius 3 is 2.87 bits per heavy atom. The average molecular weight is 206 g/mol. The number of rotatable bonds is 6. The molecule has 1 N–H and O–H groups in total. The number of aliphatic hydroxyl groups excluding tert-OH is 1. The van der Waals surface area contributed by atoms with Gasteiger partial charge in [-0.3, -0.25) is 0 Å². The molecule has 2 nitrogen and oxygen atoms in total. The van der Waals surface area contributed by atoms with E-state index in [2.05, 4.69) is 6.58 Å². The molecule has 0 heterocycles. The molecule has 82 valence electrons. The van der Waals surface area contributed by atoms with E-state index in [-0.39, 0.29) is 6.10 Å². The number of para-hydroxylation sites is 1. The second-order valence-corrected chi connectivity index (χ2v) is 3.54. The van der Waals surface area contributed by atoms with Gasteiger partial charge in [-0.05, 0) is 24.5 Å². The zero-order valence-corrected chi connectivity index (χ0v) is 9.15. The van der Waals surface area contributed by atoms with Crippen LogP contribution >= 0.6 is 0 Å². The molecule has 1 atom stereocenters. The highest BCUT2D eigenvalue weighted by molar-refractivity contribution is 5.33. The number of ether oxygens (including phenoxy) is 1. The van der Waals surface area contributed by atoms with Crippen molar-refractivity contribution < 1.29 is 9.84 Å². The summed E-state index contributed by atoms with van der Waals surface area (Å²) >= 11 is 0.